The molecule has 2 N–H and O–H groups in total. The lowest BCUT2D eigenvalue weighted by atomic mass is 10.1. The van der Waals surface area contributed by atoms with Crippen molar-refractivity contribution in [1.29, 1.82) is 0 Å². The van der Waals surface area contributed by atoms with Crippen molar-refractivity contribution in [3.05, 3.63) is 0 Å². The molecule has 0 radical (unpaired) electrons. The van der Waals surface area contributed by atoms with Gasteiger partial charge in [0.15, 0.2) is 11.9 Å². The number of hydrogen-bond donors (Lipinski definition) is 2. The Hall–Kier alpha value is -2.38. The molecular weight excluding hydrogens is 392 g/mol. The summed E-state index contributed by atoms with van der Waals surface area (Å²) < 4.78 is 0. The number of carbonyl (C=O) groups excluding carboxylic acids is 2. The van der Waals surface area contributed by atoms with E-state index in [4.69, 9.17) is 0 Å². The lowest BCUT2D eigenvalue weighted by Crippen LogP contribution is -2.46. The summed E-state index contributed by atoms with van der Waals surface area (Å²) in [7, 11) is 0. The molecule has 0 aliphatic carbocycles. The molecular formula is C23H38N6O2. The smallest absolute Gasteiger partial charge is 0.233 e. The molecule has 8 nitrogen and oxygen atoms in total. The second-order valence-corrected chi connectivity index (χ2v) is 8.22. The minimum Gasteiger partial charge on any atom is -0.312 e. The normalized spacial score (nSPS) is 17.0. The molecule has 2 amide bonds. The van der Waals surface area contributed by atoms with Crippen molar-refractivity contribution >= 4 is 35.8 Å². The van der Waals surface area contributed by atoms with E-state index in [1.165, 1.54) is 44.9 Å². The van der Waals surface area contributed by atoms with E-state index in [0.717, 1.165) is 38.5 Å². The number of fused-ring (bicyclic) bond motifs is 1. The number of aliphatic imine (C=N–C) groups is 4. The number of guanidine groups is 1. The molecule has 0 aromatic heterocycles. The van der Waals surface area contributed by atoms with Crippen LogP contribution in [0.15, 0.2) is 20.0 Å². The maximum atomic E-state index is 12.4. The molecule has 2 rings (SSSR count). The van der Waals surface area contributed by atoms with E-state index in [0.29, 0.717) is 24.5 Å². The Bertz CT molecular complexity index is 711. The monoisotopic (exact) mass is 430 g/mol. The predicted molar refractivity (Wildman–Crippen MR) is 127 cm³/mol. The van der Waals surface area contributed by atoms with Crippen molar-refractivity contribution in [2.24, 2.45) is 20.0 Å². The average Bonchev–Trinajstić information content (AvgIpc) is 3.22. The highest BCUT2D eigenvalue weighted by molar-refractivity contribution is 6.25. The Morgan fingerprint density at radius 3 is 1.94 bits per heavy atom. The quantitative estimate of drug-likeness (QED) is 0.401. The molecule has 0 fully saturated rings. The summed E-state index contributed by atoms with van der Waals surface area (Å²) >= 11 is 0. The Morgan fingerprint density at radius 2 is 1.32 bits per heavy atom. The van der Waals surface area contributed by atoms with Crippen molar-refractivity contribution < 1.29 is 9.59 Å². The predicted octanol–water partition coefficient (Wildman–Crippen LogP) is 4.30. The number of nitrogens with zero attached hydrogens (tertiary/aromatic N) is 4. The highest BCUT2D eigenvalue weighted by Gasteiger charge is 2.30. The fraction of sp³-hybridized carbons (Fsp3) is 0.739. The fourth-order valence-electron chi connectivity index (χ4n) is 3.56. The van der Waals surface area contributed by atoms with Crippen molar-refractivity contribution in [3.8, 4) is 0 Å². The largest absolute Gasteiger partial charge is 0.312 e. The summed E-state index contributed by atoms with van der Waals surface area (Å²) in [4.78, 5) is 41.6. The average molecular weight is 431 g/mol. The van der Waals surface area contributed by atoms with E-state index >= 15 is 0 Å². The van der Waals surface area contributed by atoms with Gasteiger partial charge in [0.05, 0.1) is 0 Å². The Labute approximate surface area is 186 Å². The molecule has 0 saturated heterocycles. The van der Waals surface area contributed by atoms with Crippen molar-refractivity contribution in [3.63, 3.8) is 0 Å². The fourth-order valence-corrected chi connectivity index (χ4v) is 3.56. The molecule has 2 aliphatic rings. The van der Waals surface area contributed by atoms with Gasteiger partial charge in [0.25, 0.3) is 0 Å². The summed E-state index contributed by atoms with van der Waals surface area (Å²) in [5, 5.41) is 5.60. The zero-order valence-electron chi connectivity index (χ0n) is 19.2. The minimum atomic E-state index is -0.493. The number of hydrogen-bond acceptors (Lipinski definition) is 6. The number of amides is 2. The first-order chi connectivity index (χ1) is 15.1. The third kappa shape index (κ3) is 9.53. The van der Waals surface area contributed by atoms with E-state index < -0.39 is 6.04 Å². The van der Waals surface area contributed by atoms with Crippen molar-refractivity contribution in [2.45, 2.75) is 110 Å². The van der Waals surface area contributed by atoms with Gasteiger partial charge in [0.2, 0.25) is 17.8 Å². The first-order valence-electron chi connectivity index (χ1n) is 12.0. The molecule has 8 heteroatoms. The summed E-state index contributed by atoms with van der Waals surface area (Å²) in [6, 6.07) is -0.493. The van der Waals surface area contributed by atoms with E-state index in [1.807, 2.05) is 0 Å². The number of nitrogens with one attached hydrogen (secondary N) is 2. The number of amidine groups is 2. The summed E-state index contributed by atoms with van der Waals surface area (Å²) in [5.41, 5.74) is 0. The van der Waals surface area contributed by atoms with Gasteiger partial charge in [-0.3, -0.25) is 19.9 Å². The van der Waals surface area contributed by atoms with Crippen LogP contribution in [0.25, 0.3) is 0 Å². The topological polar surface area (TPSA) is 108 Å². The summed E-state index contributed by atoms with van der Waals surface area (Å²) in [5.74, 6) is 0.795. The zero-order chi connectivity index (χ0) is 22.3. The molecule has 31 heavy (non-hydrogen) atoms. The second-order valence-electron chi connectivity index (χ2n) is 8.22. The van der Waals surface area contributed by atoms with Crippen LogP contribution in [0.2, 0.25) is 0 Å². The van der Waals surface area contributed by atoms with Crippen LogP contribution in [-0.2, 0) is 9.59 Å². The lowest BCUT2D eigenvalue weighted by molar-refractivity contribution is -0.120. The Kier molecular flexibility index (Phi) is 11.7. The summed E-state index contributed by atoms with van der Waals surface area (Å²) in [6.45, 7) is 4.38. The number of carbonyl (C=O) groups is 2. The second kappa shape index (κ2) is 14.6. The van der Waals surface area contributed by atoms with Gasteiger partial charge >= 0.3 is 0 Å². The van der Waals surface area contributed by atoms with Gasteiger partial charge < -0.3 is 5.32 Å². The van der Waals surface area contributed by atoms with E-state index in [1.54, 1.807) is 0 Å². The minimum absolute atomic E-state index is 0.0876. The molecule has 2 aliphatic heterocycles. The van der Waals surface area contributed by atoms with Gasteiger partial charge in [-0.15, -0.1) is 0 Å². The van der Waals surface area contributed by atoms with Gasteiger partial charge in [-0.25, -0.2) is 4.99 Å². The SMILES string of the molecule is CCCCCCCCC(=O)NC1=NC2=NC=NC2C(NC(=O)CCCCCCCC)=N1. The highest BCUT2D eigenvalue weighted by Crippen LogP contribution is 2.12. The zero-order valence-corrected chi connectivity index (χ0v) is 19.2. The number of rotatable bonds is 14. The van der Waals surface area contributed by atoms with Crippen LogP contribution in [0.4, 0.5) is 0 Å². The third-order valence-corrected chi connectivity index (χ3v) is 5.39. The van der Waals surface area contributed by atoms with Crippen LogP contribution in [-0.4, -0.2) is 41.8 Å². The first-order valence-corrected chi connectivity index (χ1v) is 12.0. The van der Waals surface area contributed by atoms with Crippen LogP contribution >= 0.6 is 0 Å². The van der Waals surface area contributed by atoms with Crippen LogP contribution < -0.4 is 10.6 Å². The molecule has 1 unspecified atom stereocenters. The van der Waals surface area contributed by atoms with Crippen molar-refractivity contribution in [2.75, 3.05) is 0 Å². The third-order valence-electron chi connectivity index (χ3n) is 5.39. The van der Waals surface area contributed by atoms with Crippen LogP contribution in [0.1, 0.15) is 104 Å². The van der Waals surface area contributed by atoms with Crippen LogP contribution in [0.3, 0.4) is 0 Å². The molecule has 2 heterocycles. The summed E-state index contributed by atoms with van der Waals surface area (Å²) in [6.07, 6.45) is 15.8. The first kappa shape index (κ1) is 24.9. The van der Waals surface area contributed by atoms with E-state index in [9.17, 15) is 9.59 Å². The molecule has 0 aromatic carbocycles. The molecule has 172 valence electrons. The molecule has 0 saturated carbocycles. The molecule has 1 atom stereocenters. The lowest BCUT2D eigenvalue weighted by Gasteiger charge is -2.18. The maximum absolute atomic E-state index is 12.4. The Morgan fingerprint density at radius 1 is 0.774 bits per heavy atom. The van der Waals surface area contributed by atoms with Gasteiger partial charge in [-0.2, -0.15) is 9.98 Å². The van der Waals surface area contributed by atoms with E-state index in [2.05, 4.69) is 44.5 Å². The van der Waals surface area contributed by atoms with Crippen molar-refractivity contribution in [1.82, 2.24) is 10.6 Å². The molecule has 0 aromatic rings. The van der Waals surface area contributed by atoms with Gasteiger partial charge in [-0.05, 0) is 12.8 Å². The maximum Gasteiger partial charge on any atom is 0.233 e. The van der Waals surface area contributed by atoms with E-state index in [-0.39, 0.29) is 17.8 Å². The Balaban J connectivity index is 1.78. The van der Waals surface area contributed by atoms with Crippen LogP contribution in [0, 0.1) is 0 Å². The van der Waals surface area contributed by atoms with Gasteiger partial charge in [0, 0.05) is 12.8 Å². The van der Waals surface area contributed by atoms with Gasteiger partial charge in [0.1, 0.15) is 12.2 Å². The number of unbranched alkanes of at least 4 members (excludes halogenated alkanes) is 10. The standard InChI is InChI=1S/C23H38N6O2/c1-3-5-7-9-11-13-15-18(30)26-22-20-21(25-17-24-20)28-23(29-22)27-19(31)16-14-12-10-8-6-4-2/h17,20H,3-16H2,1-2H3,(H2,24,25,26,27,28,29,30,31). The van der Waals surface area contributed by atoms with Crippen LogP contribution in [0.5, 0.6) is 0 Å². The van der Waals surface area contributed by atoms with Gasteiger partial charge in [-0.1, -0.05) is 78.1 Å². The molecule has 0 bridgehead atoms. The molecule has 0 spiro atoms. The highest BCUT2D eigenvalue weighted by atomic mass is 16.2.